The average Bonchev–Trinajstić information content (AvgIpc) is 3.78. The molecule has 5 aliphatic heterocycles. The summed E-state index contributed by atoms with van der Waals surface area (Å²) >= 11 is 0. The van der Waals surface area contributed by atoms with E-state index in [0.717, 1.165) is 26.7 Å². The summed E-state index contributed by atoms with van der Waals surface area (Å²) in [5.74, 6) is -7.95. The molecule has 0 bridgehead atoms. The Morgan fingerprint density at radius 3 is 1.44 bits per heavy atom. The first kappa shape index (κ1) is 62.9. The van der Waals surface area contributed by atoms with Crippen molar-refractivity contribution in [3.05, 3.63) is 47.0 Å². The first-order valence-electron chi connectivity index (χ1n) is 25.5. The molecular weight excluding hydrogens is 1050 g/mol. The predicted molar refractivity (Wildman–Crippen MR) is 254 cm³/mol. The summed E-state index contributed by atoms with van der Waals surface area (Å²) < 4.78 is 67.6. The lowest BCUT2D eigenvalue weighted by molar-refractivity contribution is -0.327. The van der Waals surface area contributed by atoms with Gasteiger partial charge in [0.05, 0.1) is 83.8 Å². The highest BCUT2D eigenvalue weighted by molar-refractivity contribution is 5.91. The van der Waals surface area contributed by atoms with Crippen molar-refractivity contribution in [1.29, 1.82) is 0 Å². The maximum atomic E-state index is 14.2. The molecule has 12 N–H and O–H groups in total. The van der Waals surface area contributed by atoms with Crippen LogP contribution in [0.1, 0.15) is 47.0 Å². The van der Waals surface area contributed by atoms with Crippen LogP contribution in [0.25, 0.3) is 0 Å². The Balaban J connectivity index is 1.20. The van der Waals surface area contributed by atoms with Gasteiger partial charge in [-0.1, -0.05) is 26.0 Å². The highest BCUT2D eigenvalue weighted by Gasteiger charge is 2.51. The minimum atomic E-state index is -1.82. The van der Waals surface area contributed by atoms with Crippen LogP contribution in [-0.4, -0.2) is 243 Å². The van der Waals surface area contributed by atoms with Crippen molar-refractivity contribution in [2.24, 2.45) is 35.5 Å². The van der Waals surface area contributed by atoms with Crippen molar-refractivity contribution >= 4 is 23.9 Å². The monoisotopic (exact) mass is 1120 g/mol. The van der Waals surface area contributed by atoms with Crippen LogP contribution in [0.2, 0.25) is 0 Å². The molecule has 0 aromatic rings. The number of hydrogen-bond acceptors (Lipinski definition) is 28. The second kappa shape index (κ2) is 27.9. The molecule has 28 heteroatoms. The predicted octanol–water partition coefficient (Wildman–Crippen LogP) is -4.47. The summed E-state index contributed by atoms with van der Waals surface area (Å²) in [5, 5.41) is 123. The van der Waals surface area contributed by atoms with E-state index in [2.05, 4.69) is 0 Å². The lowest BCUT2D eigenvalue weighted by Crippen LogP contribution is -2.60. The van der Waals surface area contributed by atoms with E-state index in [4.69, 9.17) is 56.8 Å². The lowest BCUT2D eigenvalue weighted by atomic mass is 9.83. The summed E-state index contributed by atoms with van der Waals surface area (Å²) in [4.78, 5) is 54.4. The molecule has 6 rings (SSSR count). The zero-order chi connectivity index (χ0) is 57.4. The number of rotatable bonds is 20. The van der Waals surface area contributed by atoms with E-state index < -0.39 is 203 Å². The summed E-state index contributed by atoms with van der Waals surface area (Å²) in [6.07, 6.45) is -24.3. The van der Waals surface area contributed by atoms with E-state index in [1.165, 1.54) is 12.2 Å². The summed E-state index contributed by atoms with van der Waals surface area (Å²) in [6, 6.07) is 0. The van der Waals surface area contributed by atoms with Crippen LogP contribution in [0.15, 0.2) is 47.0 Å². The van der Waals surface area contributed by atoms with Crippen molar-refractivity contribution < 1.29 is 137 Å². The molecule has 442 valence electrons. The highest BCUT2D eigenvalue weighted by atomic mass is 16.8. The molecule has 6 aliphatic rings. The highest BCUT2D eigenvalue weighted by Crippen LogP contribution is 2.45. The summed E-state index contributed by atoms with van der Waals surface area (Å²) in [7, 11) is 2.21. The maximum absolute atomic E-state index is 14.2. The standard InChI is InChI=1S/C50H74O28/c1-7-21-24(27(44(65)67-5)17-71-46(21)77-49-42(63)39(60)36(57)31(13-52)75-49)10-33(54)69-16-26-20(4)29(9-23(26)19(3)15-70-48-41(62)38(59)35(56)30(12-51)74-48)73-34(55)11-25-22(8-2)47(72-18-28(25)45(66)68-6)78-50-43(64)40(61)37(58)32(14-53)76-50/h7-8,17-20,23-26,29-32,35-43,46-53,56-64H,9-16H2,1-6H3/b21-7?,22-8+/t19-,20-,23+,24+,25-,26+,29+,30-,31-,32-,35-,36-,37-,38+,39+,40+,41-,42-,43-,46+,47+,48-,49+,50+/m1/s1. The fourth-order valence-corrected chi connectivity index (χ4v) is 10.6. The molecule has 1 saturated carbocycles. The van der Waals surface area contributed by atoms with E-state index in [0.29, 0.717) is 0 Å². The van der Waals surface area contributed by atoms with Gasteiger partial charge in [0.25, 0.3) is 0 Å². The van der Waals surface area contributed by atoms with Gasteiger partial charge in [0.1, 0.15) is 79.4 Å². The van der Waals surface area contributed by atoms with Crippen LogP contribution in [0.5, 0.6) is 0 Å². The Labute approximate surface area is 447 Å². The smallest absolute Gasteiger partial charge is 0.337 e. The van der Waals surface area contributed by atoms with Gasteiger partial charge in [-0.25, -0.2) is 9.59 Å². The van der Waals surface area contributed by atoms with Gasteiger partial charge < -0.3 is 118 Å². The molecule has 0 amide bonds. The van der Waals surface area contributed by atoms with Crippen molar-refractivity contribution in [3.8, 4) is 0 Å². The van der Waals surface area contributed by atoms with E-state index in [9.17, 15) is 80.5 Å². The largest absolute Gasteiger partial charge is 0.468 e. The third kappa shape index (κ3) is 13.7. The van der Waals surface area contributed by atoms with Gasteiger partial charge in [-0.15, -0.1) is 0 Å². The average molecular weight is 1120 g/mol. The van der Waals surface area contributed by atoms with Crippen LogP contribution >= 0.6 is 0 Å². The molecule has 28 nitrogen and oxygen atoms in total. The first-order chi connectivity index (χ1) is 37.1. The number of carbonyl (C=O) groups is 4. The summed E-state index contributed by atoms with van der Waals surface area (Å²) in [6.45, 7) is 3.89. The van der Waals surface area contributed by atoms with Crippen LogP contribution in [-0.2, 0) is 76.0 Å². The molecular formula is C50H74O28. The fourth-order valence-electron chi connectivity index (χ4n) is 10.6. The maximum Gasteiger partial charge on any atom is 0.337 e. The summed E-state index contributed by atoms with van der Waals surface area (Å²) in [5.41, 5.74) is 0.0691. The van der Waals surface area contributed by atoms with Gasteiger partial charge in [0.15, 0.2) is 18.9 Å². The van der Waals surface area contributed by atoms with Crippen LogP contribution in [0.4, 0.5) is 0 Å². The molecule has 4 fully saturated rings. The quantitative estimate of drug-likeness (QED) is 0.0311. The SMILES string of the molecule is CC=C1[C@H](O[C@@H]2O[C@H](CO)[C@@H](O)[C@H](O)[C@H]2O)OC=C(C(=O)OC)[C@H]1CC(=O)OC[C@H]1[C@@H](C)[C@@H](OC(=O)C[C@H]2C(C(=O)OC)=CO[C@@H](O[C@@H]3O[C@H](CO)[C@@H](O)[C@H](O)[C@H]3O)/C2=C/C)C[C@H]1[C@H](C)CO[C@@H]1O[C@H](CO)[C@@H](O)[C@H](O)[C@H]1O. The van der Waals surface area contributed by atoms with Crippen molar-refractivity contribution in [1.82, 2.24) is 0 Å². The molecule has 5 heterocycles. The van der Waals surface area contributed by atoms with Gasteiger partial charge in [-0.3, -0.25) is 9.59 Å². The second-order valence-electron chi connectivity index (χ2n) is 20.0. The number of methoxy groups -OCH3 is 2. The topological polar surface area (TPSA) is 422 Å². The molecule has 0 aromatic heterocycles. The number of allylic oxidation sites excluding steroid dienone is 2. The minimum absolute atomic E-state index is 0.121. The molecule has 24 atom stereocenters. The van der Waals surface area contributed by atoms with Gasteiger partial charge in [-0.2, -0.15) is 0 Å². The minimum Gasteiger partial charge on any atom is -0.468 e. The number of aliphatic hydroxyl groups is 12. The van der Waals surface area contributed by atoms with Crippen LogP contribution < -0.4 is 0 Å². The van der Waals surface area contributed by atoms with E-state index in [1.54, 1.807) is 27.7 Å². The Kier molecular flexibility index (Phi) is 22.5. The van der Waals surface area contributed by atoms with Crippen molar-refractivity contribution in [2.75, 3.05) is 47.3 Å². The van der Waals surface area contributed by atoms with Crippen molar-refractivity contribution in [3.63, 3.8) is 0 Å². The molecule has 3 saturated heterocycles. The van der Waals surface area contributed by atoms with Crippen LogP contribution in [0.3, 0.4) is 0 Å². The lowest BCUT2D eigenvalue weighted by Gasteiger charge is -2.42. The molecule has 0 radical (unpaired) electrons. The van der Waals surface area contributed by atoms with Crippen LogP contribution in [0, 0.1) is 35.5 Å². The number of carbonyl (C=O) groups excluding carboxylic acids is 4. The Hall–Kier alpha value is -4.28. The zero-order valence-corrected chi connectivity index (χ0v) is 43.7. The molecule has 1 aliphatic carbocycles. The Morgan fingerprint density at radius 1 is 0.615 bits per heavy atom. The molecule has 78 heavy (non-hydrogen) atoms. The number of aliphatic hydroxyl groups excluding tert-OH is 12. The van der Waals surface area contributed by atoms with E-state index >= 15 is 0 Å². The fraction of sp³-hybridized carbons (Fsp3) is 0.760. The van der Waals surface area contributed by atoms with Gasteiger partial charge >= 0.3 is 23.9 Å². The molecule has 0 spiro atoms. The van der Waals surface area contributed by atoms with Crippen molar-refractivity contribution in [2.45, 2.75) is 158 Å². The molecule has 0 aromatic carbocycles. The Morgan fingerprint density at radius 2 is 1.03 bits per heavy atom. The first-order valence-corrected chi connectivity index (χ1v) is 25.5. The van der Waals surface area contributed by atoms with E-state index in [1.807, 2.05) is 0 Å². The van der Waals surface area contributed by atoms with E-state index in [-0.39, 0.29) is 41.9 Å². The Bertz CT molecular complexity index is 2160. The number of ether oxygens (including phenoxy) is 12. The third-order valence-corrected chi connectivity index (χ3v) is 15.3. The second-order valence-corrected chi connectivity index (χ2v) is 20.0. The third-order valence-electron chi connectivity index (χ3n) is 15.3. The number of esters is 4. The normalized spacial score (nSPS) is 41.4. The van der Waals surface area contributed by atoms with Gasteiger partial charge in [0.2, 0.25) is 12.6 Å². The van der Waals surface area contributed by atoms with Gasteiger partial charge in [0, 0.05) is 28.9 Å². The zero-order valence-electron chi connectivity index (χ0n) is 43.7. The molecule has 0 unspecified atom stereocenters. The number of hydrogen-bond donors (Lipinski definition) is 12. The van der Waals surface area contributed by atoms with Gasteiger partial charge in [-0.05, 0) is 38.0 Å².